The minimum atomic E-state index is -0.388. The number of benzene rings is 1. The number of carbonyl (C=O) groups excluding carboxylic acids is 1. The van der Waals surface area contributed by atoms with E-state index in [1.165, 1.54) is 0 Å². The molecule has 1 atom stereocenters. The van der Waals surface area contributed by atoms with Crippen molar-refractivity contribution in [1.82, 2.24) is 4.98 Å². The van der Waals surface area contributed by atoms with Crippen molar-refractivity contribution >= 4 is 11.6 Å². The first-order valence-electron chi connectivity index (χ1n) is 6.80. The number of aromatic nitrogens is 1. The molecule has 0 radical (unpaired) electrons. The van der Waals surface area contributed by atoms with Gasteiger partial charge in [0.1, 0.15) is 12.3 Å². The van der Waals surface area contributed by atoms with Crippen LogP contribution in [0.5, 0.6) is 0 Å². The zero-order chi connectivity index (χ0) is 15.0. The van der Waals surface area contributed by atoms with Crippen LogP contribution in [0.3, 0.4) is 0 Å². The van der Waals surface area contributed by atoms with E-state index in [1.807, 2.05) is 32.0 Å². The van der Waals surface area contributed by atoms with Crippen LogP contribution in [0, 0.1) is 25.2 Å². The Morgan fingerprint density at radius 3 is 2.90 bits per heavy atom. The van der Waals surface area contributed by atoms with Crippen molar-refractivity contribution in [2.75, 3.05) is 4.90 Å². The maximum Gasteiger partial charge on any atom is 0.236 e. The minimum Gasteiger partial charge on any atom is -0.444 e. The summed E-state index contributed by atoms with van der Waals surface area (Å²) in [6.45, 7) is 4.09. The fourth-order valence-electron chi connectivity index (χ4n) is 2.70. The number of anilines is 1. The minimum absolute atomic E-state index is 0.0620. The zero-order valence-corrected chi connectivity index (χ0v) is 12.0. The van der Waals surface area contributed by atoms with Crippen LogP contribution in [0.25, 0.3) is 0 Å². The predicted octanol–water partition coefficient (Wildman–Crippen LogP) is 2.84. The third-order valence-electron chi connectivity index (χ3n) is 3.67. The van der Waals surface area contributed by atoms with Crippen LogP contribution >= 0.6 is 0 Å². The lowest BCUT2D eigenvalue weighted by Gasteiger charge is -2.15. The summed E-state index contributed by atoms with van der Waals surface area (Å²) in [5, 5.41) is 8.97. The number of nitrogens with zero attached hydrogens (tertiary/aromatic N) is 3. The highest BCUT2D eigenvalue weighted by Gasteiger charge is 2.37. The average Bonchev–Trinajstić information content (AvgIpc) is 2.96. The van der Waals surface area contributed by atoms with Crippen molar-refractivity contribution in [3.63, 3.8) is 0 Å². The van der Waals surface area contributed by atoms with E-state index in [0.717, 1.165) is 16.8 Å². The highest BCUT2D eigenvalue weighted by molar-refractivity contribution is 6.05. The second-order valence-corrected chi connectivity index (χ2v) is 5.27. The van der Waals surface area contributed by atoms with Gasteiger partial charge in [0, 0.05) is 5.69 Å². The molecule has 0 saturated heterocycles. The van der Waals surface area contributed by atoms with Crippen LogP contribution in [-0.2, 0) is 11.3 Å². The first-order valence-corrected chi connectivity index (χ1v) is 6.80. The molecule has 0 saturated carbocycles. The number of hydrogen-bond acceptors (Lipinski definition) is 4. The summed E-state index contributed by atoms with van der Waals surface area (Å²) >= 11 is 0. The van der Waals surface area contributed by atoms with E-state index in [9.17, 15) is 4.79 Å². The van der Waals surface area contributed by atoms with E-state index in [0.29, 0.717) is 18.2 Å². The fourth-order valence-corrected chi connectivity index (χ4v) is 2.70. The van der Waals surface area contributed by atoms with Gasteiger partial charge in [-0.05, 0) is 25.5 Å². The number of nitriles is 1. The van der Waals surface area contributed by atoms with Gasteiger partial charge in [0.05, 0.1) is 24.6 Å². The van der Waals surface area contributed by atoms with Crippen LogP contribution in [-0.4, -0.2) is 10.9 Å². The Kier molecular flexibility index (Phi) is 3.22. The standard InChI is InChI=1S/C16H15N3O2/c1-10-3-4-14-13(7-10)12(5-6-17)16(20)19(14)9-15-18-8-11(2)21-15/h3-4,7-8,12H,5,9H2,1-2H3. The van der Waals surface area contributed by atoms with Gasteiger partial charge < -0.3 is 9.32 Å². The summed E-state index contributed by atoms with van der Waals surface area (Å²) in [4.78, 5) is 18.4. The Hall–Kier alpha value is -2.61. The maximum atomic E-state index is 12.6. The normalized spacial score (nSPS) is 16.9. The van der Waals surface area contributed by atoms with E-state index in [4.69, 9.17) is 9.68 Å². The van der Waals surface area contributed by atoms with Crippen LogP contribution in [0.4, 0.5) is 5.69 Å². The van der Waals surface area contributed by atoms with E-state index in [1.54, 1.807) is 11.1 Å². The number of rotatable bonds is 3. The molecule has 1 aromatic carbocycles. The average molecular weight is 281 g/mol. The Bertz CT molecular complexity index is 742. The van der Waals surface area contributed by atoms with E-state index >= 15 is 0 Å². The SMILES string of the molecule is Cc1ccc2c(c1)C(CC#N)C(=O)N2Cc1ncc(C)o1. The van der Waals surface area contributed by atoms with Gasteiger partial charge in [0.15, 0.2) is 0 Å². The molecular weight excluding hydrogens is 266 g/mol. The smallest absolute Gasteiger partial charge is 0.236 e. The molecule has 3 rings (SSSR count). The molecule has 0 N–H and O–H groups in total. The highest BCUT2D eigenvalue weighted by Crippen LogP contribution is 2.40. The quantitative estimate of drug-likeness (QED) is 0.867. The molecule has 1 amide bonds. The molecule has 5 heteroatoms. The van der Waals surface area contributed by atoms with Gasteiger partial charge in [0.25, 0.3) is 0 Å². The third kappa shape index (κ3) is 2.29. The van der Waals surface area contributed by atoms with Gasteiger partial charge in [-0.25, -0.2) is 4.98 Å². The van der Waals surface area contributed by atoms with Gasteiger partial charge in [-0.15, -0.1) is 0 Å². The van der Waals surface area contributed by atoms with Gasteiger partial charge >= 0.3 is 0 Å². The van der Waals surface area contributed by atoms with E-state index in [-0.39, 0.29) is 18.2 Å². The molecule has 1 aromatic heterocycles. The van der Waals surface area contributed by atoms with Gasteiger partial charge in [-0.3, -0.25) is 4.79 Å². The van der Waals surface area contributed by atoms with Crippen LogP contribution in [0.15, 0.2) is 28.8 Å². The third-order valence-corrected chi connectivity index (χ3v) is 3.67. The first kappa shape index (κ1) is 13.4. The second-order valence-electron chi connectivity index (χ2n) is 5.27. The lowest BCUT2D eigenvalue weighted by atomic mass is 9.96. The van der Waals surface area contributed by atoms with Crippen molar-refractivity contribution in [2.45, 2.75) is 32.7 Å². The molecule has 1 aliphatic rings. The Balaban J connectivity index is 1.98. The number of amides is 1. The number of carbonyl (C=O) groups is 1. The summed E-state index contributed by atoms with van der Waals surface area (Å²) in [6.07, 6.45) is 1.83. The Morgan fingerprint density at radius 1 is 1.43 bits per heavy atom. The molecule has 0 fully saturated rings. The summed E-state index contributed by atoms with van der Waals surface area (Å²) < 4.78 is 5.46. The molecule has 5 nitrogen and oxygen atoms in total. The maximum absolute atomic E-state index is 12.6. The van der Waals surface area contributed by atoms with Gasteiger partial charge in [-0.2, -0.15) is 5.26 Å². The monoisotopic (exact) mass is 281 g/mol. The van der Waals surface area contributed by atoms with E-state index in [2.05, 4.69) is 11.1 Å². The summed E-state index contributed by atoms with van der Waals surface area (Å²) in [7, 11) is 0. The van der Waals surface area contributed by atoms with Crippen LogP contribution < -0.4 is 4.90 Å². The molecule has 1 unspecified atom stereocenters. The molecule has 0 spiro atoms. The highest BCUT2D eigenvalue weighted by atomic mass is 16.4. The van der Waals surface area contributed by atoms with Crippen molar-refractivity contribution < 1.29 is 9.21 Å². The largest absolute Gasteiger partial charge is 0.444 e. The summed E-state index contributed by atoms with van der Waals surface area (Å²) in [5.74, 6) is 0.772. The predicted molar refractivity (Wildman–Crippen MR) is 76.6 cm³/mol. The van der Waals surface area contributed by atoms with Gasteiger partial charge in [-0.1, -0.05) is 17.7 Å². The Labute approximate surface area is 122 Å². The summed E-state index contributed by atoms with van der Waals surface area (Å²) in [6, 6.07) is 7.98. The number of oxazole rings is 1. The first-order chi connectivity index (χ1) is 10.1. The van der Waals surface area contributed by atoms with Gasteiger partial charge in [0.2, 0.25) is 11.8 Å². The topological polar surface area (TPSA) is 70.1 Å². The van der Waals surface area contributed by atoms with Crippen LogP contribution in [0.2, 0.25) is 0 Å². The lowest BCUT2D eigenvalue weighted by molar-refractivity contribution is -0.119. The molecule has 106 valence electrons. The molecular formula is C16H15N3O2. The van der Waals surface area contributed by atoms with Crippen LogP contribution in [0.1, 0.15) is 35.1 Å². The molecule has 2 aromatic rings. The molecule has 0 bridgehead atoms. The van der Waals surface area contributed by atoms with E-state index < -0.39 is 0 Å². The number of fused-ring (bicyclic) bond motifs is 1. The molecule has 2 heterocycles. The molecule has 21 heavy (non-hydrogen) atoms. The number of hydrogen-bond donors (Lipinski definition) is 0. The Morgan fingerprint density at radius 2 is 2.24 bits per heavy atom. The van der Waals surface area contributed by atoms with Crippen molar-refractivity contribution in [3.05, 3.63) is 47.2 Å². The van der Waals surface area contributed by atoms with Crippen molar-refractivity contribution in [1.29, 1.82) is 5.26 Å². The zero-order valence-electron chi connectivity index (χ0n) is 12.0. The molecule has 0 aliphatic carbocycles. The molecule has 1 aliphatic heterocycles. The van der Waals surface area contributed by atoms with Crippen molar-refractivity contribution in [2.24, 2.45) is 0 Å². The van der Waals surface area contributed by atoms with Crippen molar-refractivity contribution in [3.8, 4) is 6.07 Å². The second kappa shape index (κ2) is 5.06. The summed E-state index contributed by atoms with van der Waals surface area (Å²) in [5.41, 5.74) is 2.85. The number of aryl methyl sites for hydroxylation is 2. The fraction of sp³-hybridized carbons (Fsp3) is 0.312. The lowest BCUT2D eigenvalue weighted by Crippen LogP contribution is -2.28.